The number of anilines is 1. The molecule has 0 spiro atoms. The number of hydrogen-bond donors (Lipinski definition) is 2. The fourth-order valence-corrected chi connectivity index (χ4v) is 3.77. The number of esters is 2. The van der Waals surface area contributed by atoms with Crippen LogP contribution in [0.15, 0.2) is 59.5 Å². The molecule has 202 valence electrons. The molecular formula is C24H28FNO10S. The second kappa shape index (κ2) is 14.8. The Morgan fingerprint density at radius 2 is 1.59 bits per heavy atom. The van der Waals surface area contributed by atoms with Crippen LogP contribution in [0.25, 0.3) is 0 Å². The Morgan fingerprint density at radius 1 is 0.973 bits per heavy atom. The van der Waals surface area contributed by atoms with Gasteiger partial charge in [-0.15, -0.1) is 0 Å². The Hall–Kier alpha value is -3.68. The Bertz CT molecular complexity index is 1190. The molecule has 0 bridgehead atoms. The number of carbonyl (C=O) groups excluding carboxylic acids is 4. The molecule has 0 radical (unpaired) electrons. The normalized spacial score (nSPS) is 12.4. The van der Waals surface area contributed by atoms with E-state index in [1.807, 2.05) is 18.2 Å². The van der Waals surface area contributed by atoms with E-state index in [1.165, 1.54) is 25.3 Å². The number of para-hydroxylation sites is 1. The van der Waals surface area contributed by atoms with Crippen LogP contribution in [0.2, 0.25) is 0 Å². The van der Waals surface area contributed by atoms with Gasteiger partial charge in [0.1, 0.15) is 4.90 Å². The molecule has 2 aromatic rings. The Morgan fingerprint density at radius 3 is 2.19 bits per heavy atom. The van der Waals surface area contributed by atoms with Crippen molar-refractivity contribution in [1.29, 1.82) is 0 Å². The zero-order valence-electron chi connectivity index (χ0n) is 20.1. The predicted octanol–water partition coefficient (Wildman–Crippen LogP) is 2.11. The van der Waals surface area contributed by atoms with E-state index in [4.69, 9.17) is 14.2 Å². The lowest BCUT2D eigenvalue weighted by Gasteiger charge is -2.17. The van der Waals surface area contributed by atoms with Gasteiger partial charge in [0.15, 0.2) is 24.6 Å². The minimum atomic E-state index is -4.57. The molecule has 0 aromatic heterocycles. The number of carbonyl (C=O) groups is 4. The maximum atomic E-state index is 12.3. The highest BCUT2D eigenvalue weighted by molar-refractivity contribution is 7.86. The number of ketones is 1. The molecule has 11 nitrogen and oxygen atoms in total. The van der Waals surface area contributed by atoms with Crippen LogP contribution < -0.4 is 5.32 Å². The number of nitrogens with one attached hydrogen (secondary N) is 1. The molecule has 2 N–H and O–H groups in total. The first-order chi connectivity index (χ1) is 17.0. The second-order valence-corrected chi connectivity index (χ2v) is 9.06. The molecule has 0 heterocycles. The van der Waals surface area contributed by atoms with Crippen molar-refractivity contribution in [2.45, 2.75) is 43.3 Å². The van der Waals surface area contributed by atoms with Gasteiger partial charge in [0.05, 0.1) is 5.69 Å². The van der Waals surface area contributed by atoms with Gasteiger partial charge in [0, 0.05) is 26.4 Å². The molecule has 37 heavy (non-hydrogen) atoms. The van der Waals surface area contributed by atoms with Gasteiger partial charge in [-0.2, -0.15) is 8.42 Å². The first-order valence-electron chi connectivity index (χ1n) is 10.8. The number of amides is 1. The van der Waals surface area contributed by atoms with Crippen LogP contribution in [0, 0.1) is 0 Å². The van der Waals surface area contributed by atoms with Crippen LogP contribution in [0.3, 0.4) is 0 Å². The summed E-state index contributed by atoms with van der Waals surface area (Å²) in [7, 11) is -3.24. The van der Waals surface area contributed by atoms with E-state index in [0.717, 1.165) is 18.6 Å². The standard InChI is InChI=1S/C24H27NO10S.FH/c1-16(26)19(12-13-22(27)25-18-10-6-7-11-21(18)36(30,31)32)35-23(28)15-34-24(29)20(33-2)14-17-8-4-3-5-9-17;/h3-11,19-20H,12-15H2,1-2H3,(H,25,27)(H,30,31,32);1H. The fraction of sp³-hybridized carbons (Fsp3) is 0.333. The second-order valence-electron chi connectivity index (χ2n) is 7.67. The SMILES string of the molecule is COC(Cc1ccccc1)C(=O)OCC(=O)OC(CCC(=O)Nc1ccccc1S(=O)(=O)O)C(C)=O.F. The Labute approximate surface area is 213 Å². The van der Waals surface area contributed by atoms with E-state index in [2.05, 4.69) is 5.32 Å². The first-order valence-corrected chi connectivity index (χ1v) is 12.2. The van der Waals surface area contributed by atoms with Gasteiger partial charge in [-0.3, -0.25) is 18.8 Å². The average molecular weight is 542 g/mol. The third-order valence-corrected chi connectivity index (χ3v) is 5.86. The summed E-state index contributed by atoms with van der Waals surface area (Å²) >= 11 is 0. The van der Waals surface area contributed by atoms with Crippen LogP contribution in [0.1, 0.15) is 25.3 Å². The number of Topliss-reactive ketones (excluding diaryl/α,β-unsaturated/α-hetero) is 1. The lowest BCUT2D eigenvalue weighted by atomic mass is 10.1. The summed E-state index contributed by atoms with van der Waals surface area (Å²) in [6, 6.07) is 14.3. The van der Waals surface area contributed by atoms with Crippen LogP contribution >= 0.6 is 0 Å². The van der Waals surface area contributed by atoms with Gasteiger partial charge >= 0.3 is 11.9 Å². The molecule has 2 rings (SSSR count). The molecule has 13 heteroatoms. The molecule has 0 fully saturated rings. The Kier molecular flexibility index (Phi) is 12.5. The summed E-state index contributed by atoms with van der Waals surface area (Å²) in [5, 5.41) is 2.33. The number of hydrogen-bond acceptors (Lipinski definition) is 9. The quantitative estimate of drug-likeness (QED) is 0.284. The Balaban J connectivity index is 0.00000684. The minimum Gasteiger partial charge on any atom is -0.452 e. The summed E-state index contributed by atoms with van der Waals surface area (Å²) in [5.74, 6) is -2.99. The van der Waals surface area contributed by atoms with Crippen molar-refractivity contribution in [3.05, 3.63) is 60.2 Å². The van der Waals surface area contributed by atoms with Crippen LogP contribution in [-0.2, 0) is 49.9 Å². The number of halogens is 1. The number of ether oxygens (including phenoxy) is 3. The fourth-order valence-electron chi connectivity index (χ4n) is 3.12. The van der Waals surface area contributed by atoms with E-state index in [1.54, 1.807) is 12.1 Å². The van der Waals surface area contributed by atoms with E-state index in [9.17, 15) is 32.1 Å². The largest absolute Gasteiger partial charge is 0.452 e. The molecular weight excluding hydrogens is 513 g/mol. The lowest BCUT2D eigenvalue weighted by Crippen LogP contribution is -2.32. The molecule has 0 saturated carbocycles. The van der Waals surface area contributed by atoms with Crippen LogP contribution in [0.5, 0.6) is 0 Å². The third-order valence-electron chi connectivity index (χ3n) is 4.94. The lowest BCUT2D eigenvalue weighted by molar-refractivity contribution is -0.169. The number of benzene rings is 2. The van der Waals surface area contributed by atoms with Crippen molar-refractivity contribution in [2.75, 3.05) is 19.0 Å². The average Bonchev–Trinajstić information content (AvgIpc) is 2.83. The number of methoxy groups -OCH3 is 1. The van der Waals surface area contributed by atoms with Gasteiger partial charge < -0.3 is 19.5 Å². The maximum Gasteiger partial charge on any atom is 0.344 e. The van der Waals surface area contributed by atoms with E-state index in [0.29, 0.717) is 0 Å². The van der Waals surface area contributed by atoms with E-state index >= 15 is 0 Å². The van der Waals surface area contributed by atoms with Gasteiger partial charge in [-0.05, 0) is 24.6 Å². The van der Waals surface area contributed by atoms with Crippen molar-refractivity contribution in [1.82, 2.24) is 0 Å². The molecule has 0 aliphatic carbocycles. The van der Waals surface area contributed by atoms with E-state index in [-0.39, 0.29) is 29.7 Å². The van der Waals surface area contributed by atoms with Crippen LogP contribution in [-0.4, -0.2) is 62.5 Å². The molecule has 0 saturated heterocycles. The van der Waals surface area contributed by atoms with E-state index < -0.39 is 57.5 Å². The molecule has 2 atom stereocenters. The van der Waals surface area contributed by atoms with Crippen molar-refractivity contribution >= 4 is 39.4 Å². The summed E-state index contributed by atoms with van der Waals surface area (Å²) in [6.07, 6.45) is -2.51. The first kappa shape index (κ1) is 31.4. The minimum absolute atomic E-state index is 0. The predicted molar refractivity (Wildman–Crippen MR) is 129 cm³/mol. The van der Waals surface area contributed by atoms with Crippen molar-refractivity contribution < 1.29 is 51.1 Å². The van der Waals surface area contributed by atoms with Crippen molar-refractivity contribution in [3.8, 4) is 0 Å². The summed E-state index contributed by atoms with van der Waals surface area (Å²) < 4.78 is 47.3. The van der Waals surface area contributed by atoms with Gasteiger partial charge in [-0.25, -0.2) is 9.59 Å². The number of rotatable bonds is 13. The summed E-state index contributed by atoms with van der Waals surface area (Å²) in [5.41, 5.74) is 0.689. The summed E-state index contributed by atoms with van der Waals surface area (Å²) in [4.78, 5) is 48.0. The molecule has 0 aliphatic heterocycles. The summed E-state index contributed by atoms with van der Waals surface area (Å²) in [6.45, 7) is 0.404. The smallest absolute Gasteiger partial charge is 0.344 e. The third kappa shape index (κ3) is 10.5. The highest BCUT2D eigenvalue weighted by Gasteiger charge is 2.25. The highest BCUT2D eigenvalue weighted by atomic mass is 32.2. The van der Waals surface area contributed by atoms with Gasteiger partial charge in [0.2, 0.25) is 5.91 Å². The molecule has 2 aromatic carbocycles. The monoisotopic (exact) mass is 541 g/mol. The maximum absolute atomic E-state index is 12.3. The van der Waals surface area contributed by atoms with Gasteiger partial charge in [0.25, 0.3) is 10.1 Å². The molecule has 1 amide bonds. The zero-order valence-corrected chi connectivity index (χ0v) is 20.9. The topological polar surface area (TPSA) is 162 Å². The molecule has 2 unspecified atom stereocenters. The highest BCUT2D eigenvalue weighted by Crippen LogP contribution is 2.21. The van der Waals surface area contributed by atoms with Gasteiger partial charge in [-0.1, -0.05) is 42.5 Å². The van der Waals surface area contributed by atoms with Crippen molar-refractivity contribution in [3.63, 3.8) is 0 Å². The molecule has 0 aliphatic rings. The van der Waals surface area contributed by atoms with Crippen LogP contribution in [0.4, 0.5) is 10.4 Å². The zero-order chi connectivity index (χ0) is 26.7. The van der Waals surface area contributed by atoms with Crippen molar-refractivity contribution in [2.24, 2.45) is 0 Å².